The van der Waals surface area contributed by atoms with Gasteiger partial charge in [-0.05, 0) is 36.4 Å². The molecule has 0 saturated carbocycles. The number of halogens is 4. The number of anilines is 1. The topological polar surface area (TPSA) is 72.9 Å². The third-order valence-corrected chi connectivity index (χ3v) is 7.24. The quantitative estimate of drug-likeness (QED) is 0.285. The van der Waals surface area contributed by atoms with E-state index in [2.05, 4.69) is 20.7 Å². The van der Waals surface area contributed by atoms with Gasteiger partial charge in [-0.2, -0.15) is 8.42 Å². The minimum absolute atomic E-state index is 0.0208. The van der Waals surface area contributed by atoms with Crippen molar-refractivity contribution in [2.24, 2.45) is 0 Å². The summed E-state index contributed by atoms with van der Waals surface area (Å²) in [6.07, 6.45) is 0. The van der Waals surface area contributed by atoms with Crippen LogP contribution in [0.5, 0.6) is 5.75 Å². The van der Waals surface area contributed by atoms with Gasteiger partial charge < -0.3 is 13.8 Å². The smallest absolute Gasteiger partial charge is 0.337 e. The van der Waals surface area contributed by atoms with Crippen LogP contribution in [0, 0.1) is 0 Å². The molecule has 0 radical (unpaired) electrons. The SMILES string of the molecule is COC(=O)c1ccc(N(C)CC(Br)S(=O)(=O)Oc2c(Cl)cc(Cl)cc2Cl)cc1. The van der Waals surface area contributed by atoms with E-state index in [0.717, 1.165) is 0 Å². The van der Waals surface area contributed by atoms with Crippen molar-refractivity contribution in [2.75, 3.05) is 25.6 Å². The van der Waals surface area contributed by atoms with E-state index in [1.54, 1.807) is 36.2 Å². The molecule has 0 aliphatic rings. The van der Waals surface area contributed by atoms with Crippen molar-refractivity contribution in [1.29, 1.82) is 0 Å². The van der Waals surface area contributed by atoms with Crippen LogP contribution in [0.3, 0.4) is 0 Å². The normalized spacial score (nSPS) is 12.4. The van der Waals surface area contributed by atoms with Crippen molar-refractivity contribution in [3.8, 4) is 5.75 Å². The minimum atomic E-state index is -4.11. The van der Waals surface area contributed by atoms with Crippen LogP contribution in [0.25, 0.3) is 0 Å². The molecule has 2 aromatic carbocycles. The van der Waals surface area contributed by atoms with Crippen molar-refractivity contribution in [2.45, 2.75) is 4.16 Å². The van der Waals surface area contributed by atoms with Crippen LogP contribution in [-0.4, -0.2) is 39.2 Å². The molecule has 11 heteroatoms. The highest BCUT2D eigenvalue weighted by Gasteiger charge is 2.28. The standard InChI is InChI=1S/C17H15BrCl3NO5S/c1-22(12-5-3-10(4-6-12)17(23)26-2)9-15(18)28(24,25)27-16-13(20)7-11(19)8-14(16)21/h3-8,15H,9H2,1-2H3. The van der Waals surface area contributed by atoms with Crippen LogP contribution in [0.1, 0.15) is 10.4 Å². The molecule has 0 aliphatic carbocycles. The second-order valence-corrected chi connectivity index (χ2v) is 10.3. The first-order valence-electron chi connectivity index (χ1n) is 7.66. The summed E-state index contributed by atoms with van der Waals surface area (Å²) < 4.78 is 33.7. The molecule has 0 spiro atoms. The first-order chi connectivity index (χ1) is 13.0. The van der Waals surface area contributed by atoms with E-state index in [9.17, 15) is 13.2 Å². The Labute approximate surface area is 186 Å². The largest absolute Gasteiger partial charge is 0.465 e. The summed E-state index contributed by atoms with van der Waals surface area (Å²) in [7, 11) is -1.12. The molecule has 0 N–H and O–H groups in total. The number of rotatable bonds is 7. The first kappa shape index (κ1) is 23.1. The lowest BCUT2D eigenvalue weighted by Gasteiger charge is -2.23. The van der Waals surface area contributed by atoms with E-state index in [0.29, 0.717) is 11.3 Å². The lowest BCUT2D eigenvalue weighted by Crippen LogP contribution is -2.33. The van der Waals surface area contributed by atoms with Crippen molar-refractivity contribution in [1.82, 2.24) is 0 Å². The summed E-state index contributed by atoms with van der Waals surface area (Å²) in [6.45, 7) is 0.0444. The number of hydrogen-bond acceptors (Lipinski definition) is 6. The van der Waals surface area contributed by atoms with E-state index in [-0.39, 0.29) is 27.4 Å². The van der Waals surface area contributed by atoms with Crippen LogP contribution < -0.4 is 9.08 Å². The maximum atomic E-state index is 12.5. The molecule has 2 aromatic rings. The van der Waals surface area contributed by atoms with Crippen molar-refractivity contribution in [3.05, 3.63) is 57.0 Å². The van der Waals surface area contributed by atoms with Crippen molar-refractivity contribution >= 4 is 72.5 Å². The van der Waals surface area contributed by atoms with Gasteiger partial charge >= 0.3 is 16.1 Å². The molecule has 0 heterocycles. The van der Waals surface area contributed by atoms with Gasteiger partial charge in [0.2, 0.25) is 0 Å². The number of carbonyl (C=O) groups excluding carboxylic acids is 1. The highest BCUT2D eigenvalue weighted by molar-refractivity contribution is 9.11. The third-order valence-electron chi connectivity index (χ3n) is 3.62. The molecule has 0 bridgehead atoms. The number of benzene rings is 2. The number of alkyl halides is 1. The number of carbonyl (C=O) groups is 1. The van der Waals surface area contributed by atoms with Crippen molar-refractivity contribution in [3.63, 3.8) is 0 Å². The molecular weight excluding hydrogens is 517 g/mol. The van der Waals surface area contributed by atoms with Gasteiger partial charge in [-0.15, -0.1) is 0 Å². The van der Waals surface area contributed by atoms with Gasteiger partial charge in [0.05, 0.1) is 22.7 Å². The predicted molar refractivity (Wildman–Crippen MR) is 115 cm³/mol. The Morgan fingerprint density at radius 1 is 1.14 bits per heavy atom. The zero-order chi connectivity index (χ0) is 21.1. The summed E-state index contributed by atoms with van der Waals surface area (Å²) in [5.74, 6) is -0.650. The Morgan fingerprint density at radius 2 is 1.68 bits per heavy atom. The second kappa shape index (κ2) is 9.54. The van der Waals surface area contributed by atoms with E-state index >= 15 is 0 Å². The fraction of sp³-hybridized carbons (Fsp3) is 0.235. The Bertz CT molecular complexity index is 946. The summed E-state index contributed by atoms with van der Waals surface area (Å²) >= 11 is 20.9. The molecule has 0 amide bonds. The van der Waals surface area contributed by atoms with Crippen molar-refractivity contribution < 1.29 is 22.1 Å². The lowest BCUT2D eigenvalue weighted by molar-refractivity contribution is 0.0600. The molecule has 0 aromatic heterocycles. The average molecular weight is 532 g/mol. The van der Waals surface area contributed by atoms with E-state index < -0.39 is 20.2 Å². The van der Waals surface area contributed by atoms with Crippen LogP contribution in [0.15, 0.2) is 36.4 Å². The van der Waals surface area contributed by atoms with Gasteiger partial charge in [-0.3, -0.25) is 0 Å². The Balaban J connectivity index is 2.12. The zero-order valence-corrected chi connectivity index (χ0v) is 19.3. The molecule has 0 saturated heterocycles. The molecule has 2 rings (SSSR count). The van der Waals surface area contributed by atoms with Gasteiger partial charge in [0.25, 0.3) is 0 Å². The number of ether oxygens (including phenoxy) is 1. The Morgan fingerprint density at radius 3 is 2.18 bits per heavy atom. The second-order valence-electron chi connectivity index (χ2n) is 5.60. The Hall–Kier alpha value is -1.19. The monoisotopic (exact) mass is 529 g/mol. The highest BCUT2D eigenvalue weighted by Crippen LogP contribution is 2.37. The van der Waals surface area contributed by atoms with Crippen LogP contribution in [0.2, 0.25) is 15.1 Å². The third kappa shape index (κ3) is 5.67. The molecule has 0 fully saturated rings. The van der Waals surface area contributed by atoms with Gasteiger partial charge in [0, 0.05) is 24.3 Å². The van der Waals surface area contributed by atoms with E-state index in [1.165, 1.54) is 19.2 Å². The van der Waals surface area contributed by atoms with Crippen LogP contribution in [0.4, 0.5) is 5.69 Å². The molecule has 28 heavy (non-hydrogen) atoms. The maximum Gasteiger partial charge on any atom is 0.337 e. The fourth-order valence-corrected chi connectivity index (χ4v) is 4.73. The summed E-state index contributed by atoms with van der Waals surface area (Å²) in [5.41, 5.74) is 1.08. The van der Waals surface area contributed by atoms with Gasteiger partial charge in [0.15, 0.2) is 9.91 Å². The van der Waals surface area contributed by atoms with Gasteiger partial charge in [0.1, 0.15) is 0 Å². The number of methoxy groups -OCH3 is 1. The number of esters is 1. The summed E-state index contributed by atoms with van der Waals surface area (Å²) in [4.78, 5) is 13.2. The van der Waals surface area contributed by atoms with Gasteiger partial charge in [-0.1, -0.05) is 50.7 Å². The highest BCUT2D eigenvalue weighted by atomic mass is 79.9. The fourth-order valence-electron chi connectivity index (χ4n) is 2.16. The molecular formula is C17H15BrCl3NO5S. The summed E-state index contributed by atoms with van der Waals surface area (Å²) in [5, 5.41) is 0.213. The maximum absolute atomic E-state index is 12.5. The summed E-state index contributed by atoms with van der Waals surface area (Å²) in [6, 6.07) is 9.17. The van der Waals surface area contributed by atoms with Crippen LogP contribution >= 0.6 is 50.7 Å². The molecule has 6 nitrogen and oxygen atoms in total. The first-order valence-corrected chi connectivity index (χ1v) is 11.2. The zero-order valence-electron chi connectivity index (χ0n) is 14.7. The average Bonchev–Trinajstić information content (AvgIpc) is 2.64. The predicted octanol–water partition coefficient (Wildman–Crippen LogP) is 5.00. The van der Waals surface area contributed by atoms with E-state index in [4.69, 9.17) is 39.0 Å². The number of nitrogens with zero attached hydrogens (tertiary/aromatic N) is 1. The lowest BCUT2D eigenvalue weighted by atomic mass is 10.2. The molecule has 0 aliphatic heterocycles. The van der Waals surface area contributed by atoms with Gasteiger partial charge in [-0.25, -0.2) is 4.79 Å². The minimum Gasteiger partial charge on any atom is -0.465 e. The molecule has 1 atom stereocenters. The number of hydrogen-bond donors (Lipinski definition) is 0. The Kier molecular flexibility index (Phi) is 7.87. The van der Waals surface area contributed by atoms with E-state index in [1.807, 2.05) is 0 Å². The molecule has 1 unspecified atom stereocenters. The van der Waals surface area contributed by atoms with Crippen LogP contribution in [-0.2, 0) is 14.9 Å². The molecule has 152 valence electrons.